The third-order valence-electron chi connectivity index (χ3n) is 3.91. The number of amides is 2. The predicted molar refractivity (Wildman–Crippen MR) is 78.6 cm³/mol. The van der Waals surface area contributed by atoms with Crippen LogP contribution >= 0.6 is 11.6 Å². The molecule has 0 bridgehead atoms. The Morgan fingerprint density at radius 1 is 1.35 bits per heavy atom. The van der Waals surface area contributed by atoms with Crippen molar-refractivity contribution >= 4 is 29.1 Å². The summed E-state index contributed by atoms with van der Waals surface area (Å²) in [4.78, 5) is 23.2. The largest absolute Gasteiger partial charge is 0.366 e. The maximum atomic E-state index is 12.1. The maximum Gasteiger partial charge on any atom is 0.248 e. The van der Waals surface area contributed by atoms with Crippen LogP contribution in [0.15, 0.2) is 18.2 Å². The van der Waals surface area contributed by atoms with Gasteiger partial charge in [0.1, 0.15) is 0 Å². The van der Waals surface area contributed by atoms with Gasteiger partial charge in [-0.25, -0.2) is 0 Å². The normalized spacial score (nSPS) is 16.3. The number of carbonyl (C=O) groups is 2. The lowest BCUT2D eigenvalue weighted by atomic mass is 9.66. The second-order valence-corrected chi connectivity index (χ2v) is 5.75. The fourth-order valence-electron chi connectivity index (χ4n) is 2.44. The lowest BCUT2D eigenvalue weighted by Crippen LogP contribution is -2.40. The number of primary amides is 1. The van der Waals surface area contributed by atoms with E-state index in [1.807, 2.05) is 0 Å². The van der Waals surface area contributed by atoms with E-state index in [-0.39, 0.29) is 11.3 Å². The molecule has 0 heterocycles. The minimum absolute atomic E-state index is 0.0716. The molecule has 5 nitrogen and oxygen atoms in total. The molecule has 2 rings (SSSR count). The van der Waals surface area contributed by atoms with Crippen molar-refractivity contribution in [3.63, 3.8) is 0 Å². The maximum absolute atomic E-state index is 12.1. The summed E-state index contributed by atoms with van der Waals surface area (Å²) in [5.41, 5.74) is 11.6. The van der Waals surface area contributed by atoms with E-state index < -0.39 is 5.91 Å². The molecule has 1 aliphatic carbocycles. The summed E-state index contributed by atoms with van der Waals surface area (Å²) >= 11 is 6.01. The van der Waals surface area contributed by atoms with E-state index in [9.17, 15) is 9.59 Å². The Kier molecular flexibility index (Phi) is 4.30. The highest BCUT2D eigenvalue weighted by atomic mass is 35.5. The zero-order valence-corrected chi connectivity index (χ0v) is 11.9. The molecular formula is C14H18ClN3O2. The zero-order chi connectivity index (χ0) is 14.8. The Hall–Kier alpha value is -1.59. The molecule has 0 spiro atoms. The molecule has 1 aromatic rings. The molecule has 0 saturated heterocycles. The van der Waals surface area contributed by atoms with Crippen LogP contribution in [0, 0.1) is 5.41 Å². The highest BCUT2D eigenvalue weighted by Gasteiger charge is 2.37. The number of anilines is 1. The first-order valence-electron chi connectivity index (χ1n) is 6.55. The topological polar surface area (TPSA) is 98.2 Å². The number of halogens is 1. The molecule has 0 atom stereocenters. The van der Waals surface area contributed by atoms with Crippen LogP contribution in [0.25, 0.3) is 0 Å². The molecule has 20 heavy (non-hydrogen) atoms. The van der Waals surface area contributed by atoms with E-state index in [1.165, 1.54) is 12.1 Å². The minimum Gasteiger partial charge on any atom is -0.366 e. The smallest absolute Gasteiger partial charge is 0.248 e. The minimum atomic E-state index is -0.561. The van der Waals surface area contributed by atoms with E-state index in [0.29, 0.717) is 29.2 Å². The molecule has 5 N–H and O–H groups in total. The first-order chi connectivity index (χ1) is 9.46. The molecule has 0 aromatic heterocycles. The number of hydrogen-bond acceptors (Lipinski definition) is 3. The molecule has 108 valence electrons. The van der Waals surface area contributed by atoms with Gasteiger partial charge in [0.15, 0.2) is 0 Å². The van der Waals surface area contributed by atoms with Crippen molar-refractivity contribution < 1.29 is 9.59 Å². The molecule has 1 aromatic carbocycles. The van der Waals surface area contributed by atoms with Crippen molar-refractivity contribution in [1.82, 2.24) is 0 Å². The van der Waals surface area contributed by atoms with Gasteiger partial charge in [-0.2, -0.15) is 0 Å². The molecule has 6 heteroatoms. The number of rotatable bonds is 5. The lowest BCUT2D eigenvalue weighted by molar-refractivity contribution is -0.119. The summed E-state index contributed by atoms with van der Waals surface area (Å²) in [5.74, 6) is -0.701. The summed E-state index contributed by atoms with van der Waals surface area (Å²) in [5, 5.41) is 3.10. The molecule has 1 fully saturated rings. The van der Waals surface area contributed by atoms with Crippen molar-refractivity contribution in [2.75, 3.05) is 11.9 Å². The van der Waals surface area contributed by atoms with Gasteiger partial charge in [-0.1, -0.05) is 18.0 Å². The van der Waals surface area contributed by atoms with Crippen molar-refractivity contribution in [2.24, 2.45) is 16.9 Å². The summed E-state index contributed by atoms with van der Waals surface area (Å²) in [6.45, 7) is 0.509. The summed E-state index contributed by atoms with van der Waals surface area (Å²) < 4.78 is 0. The van der Waals surface area contributed by atoms with Gasteiger partial charge in [-0.3, -0.25) is 9.59 Å². The Labute approximate surface area is 122 Å². The zero-order valence-electron chi connectivity index (χ0n) is 11.1. The molecule has 2 amide bonds. The molecule has 1 saturated carbocycles. The van der Waals surface area contributed by atoms with E-state index >= 15 is 0 Å². The van der Waals surface area contributed by atoms with Crippen molar-refractivity contribution in [2.45, 2.75) is 25.7 Å². The molecule has 1 aliphatic rings. The Bertz CT molecular complexity index is 536. The van der Waals surface area contributed by atoms with Crippen LogP contribution in [0.5, 0.6) is 0 Å². The summed E-state index contributed by atoms with van der Waals surface area (Å²) in [6.07, 6.45) is 3.45. The van der Waals surface area contributed by atoms with Crippen LogP contribution in [-0.2, 0) is 4.79 Å². The van der Waals surface area contributed by atoms with Crippen molar-refractivity contribution in [3.05, 3.63) is 28.8 Å². The summed E-state index contributed by atoms with van der Waals surface area (Å²) in [6, 6.07) is 4.55. The second kappa shape index (κ2) is 5.81. The Balaban J connectivity index is 2.07. The van der Waals surface area contributed by atoms with Crippen LogP contribution in [0.2, 0.25) is 5.02 Å². The van der Waals surface area contributed by atoms with E-state index in [1.54, 1.807) is 6.07 Å². The quantitative estimate of drug-likeness (QED) is 0.773. The van der Waals surface area contributed by atoms with Crippen LogP contribution in [0.4, 0.5) is 5.69 Å². The first-order valence-corrected chi connectivity index (χ1v) is 6.93. The molecule has 0 unspecified atom stereocenters. The fraction of sp³-hybridized carbons (Fsp3) is 0.429. The Morgan fingerprint density at radius 2 is 2.05 bits per heavy atom. The number of nitrogens with one attached hydrogen (secondary N) is 1. The van der Waals surface area contributed by atoms with Gasteiger partial charge in [0.2, 0.25) is 11.8 Å². The van der Waals surface area contributed by atoms with Gasteiger partial charge in [0, 0.05) is 12.0 Å². The van der Waals surface area contributed by atoms with Crippen molar-refractivity contribution in [1.29, 1.82) is 0 Å². The highest BCUT2D eigenvalue weighted by Crippen LogP contribution is 2.43. The van der Waals surface area contributed by atoms with Crippen LogP contribution in [0.3, 0.4) is 0 Å². The van der Waals surface area contributed by atoms with E-state index in [4.69, 9.17) is 23.1 Å². The Morgan fingerprint density at radius 3 is 2.55 bits per heavy atom. The van der Waals surface area contributed by atoms with E-state index in [2.05, 4.69) is 5.32 Å². The van der Waals surface area contributed by atoms with Gasteiger partial charge in [-0.05, 0) is 43.0 Å². The fourth-order valence-corrected chi connectivity index (χ4v) is 2.60. The number of nitrogens with two attached hydrogens (primary N) is 2. The van der Waals surface area contributed by atoms with Gasteiger partial charge in [-0.15, -0.1) is 0 Å². The molecule has 0 radical (unpaired) electrons. The van der Waals surface area contributed by atoms with Crippen LogP contribution < -0.4 is 16.8 Å². The lowest BCUT2D eigenvalue weighted by Gasteiger charge is -2.40. The highest BCUT2D eigenvalue weighted by molar-refractivity contribution is 6.33. The monoisotopic (exact) mass is 295 g/mol. The van der Waals surface area contributed by atoms with Crippen molar-refractivity contribution in [3.8, 4) is 0 Å². The predicted octanol–water partition coefficient (Wildman–Crippen LogP) is 1.90. The second-order valence-electron chi connectivity index (χ2n) is 5.34. The van der Waals surface area contributed by atoms with Gasteiger partial charge >= 0.3 is 0 Å². The number of hydrogen-bond donors (Lipinski definition) is 3. The number of benzene rings is 1. The average molecular weight is 296 g/mol. The van der Waals surface area contributed by atoms with Crippen LogP contribution in [-0.4, -0.2) is 18.4 Å². The molecular weight excluding hydrogens is 278 g/mol. The number of carbonyl (C=O) groups excluding carboxylic acids is 2. The third-order valence-corrected chi connectivity index (χ3v) is 4.24. The first kappa shape index (κ1) is 14.8. The van der Waals surface area contributed by atoms with Crippen LogP contribution in [0.1, 0.15) is 36.0 Å². The third kappa shape index (κ3) is 3.11. The summed E-state index contributed by atoms with van der Waals surface area (Å²) in [7, 11) is 0. The van der Waals surface area contributed by atoms with Gasteiger partial charge in [0.25, 0.3) is 0 Å². The SMILES string of the molecule is NCC1(CC(=O)Nc2cc(C(N)=O)ccc2Cl)CCC1. The van der Waals surface area contributed by atoms with Gasteiger partial charge < -0.3 is 16.8 Å². The standard InChI is InChI=1S/C14H18ClN3O2/c15-10-3-2-9(13(17)20)6-11(10)18-12(19)7-14(8-16)4-1-5-14/h2-3,6H,1,4-5,7-8,16H2,(H2,17,20)(H,18,19). The van der Waals surface area contributed by atoms with Gasteiger partial charge in [0.05, 0.1) is 10.7 Å². The average Bonchev–Trinajstić information content (AvgIpc) is 2.36. The molecule has 0 aliphatic heterocycles. The van der Waals surface area contributed by atoms with E-state index in [0.717, 1.165) is 19.3 Å².